The summed E-state index contributed by atoms with van der Waals surface area (Å²) in [5.41, 5.74) is 7.13. The fraction of sp³-hybridized carbons (Fsp3) is 0.625. The molecule has 1 unspecified atom stereocenters. The summed E-state index contributed by atoms with van der Waals surface area (Å²) in [5, 5.41) is 0.616. The van der Waals surface area contributed by atoms with Crippen molar-refractivity contribution >= 4 is 11.6 Å². The number of rotatable bonds is 4. The van der Waals surface area contributed by atoms with Gasteiger partial charge in [-0.25, -0.2) is 0 Å². The Morgan fingerprint density at radius 2 is 2.05 bits per heavy atom. The predicted octanol–water partition coefficient (Wildman–Crippen LogP) is 2.99. The SMILES string of the molecule is CN(C1CCC1)C(CN)c1cc(Cl)c2c(c1)OCCCO2. The summed E-state index contributed by atoms with van der Waals surface area (Å²) in [5.74, 6) is 1.41. The number of hydrogen-bond acceptors (Lipinski definition) is 4. The van der Waals surface area contributed by atoms with Crippen molar-refractivity contribution in [3.8, 4) is 11.5 Å². The first-order valence-electron chi connectivity index (χ1n) is 7.71. The summed E-state index contributed by atoms with van der Waals surface area (Å²) in [4.78, 5) is 2.37. The monoisotopic (exact) mass is 310 g/mol. The lowest BCUT2D eigenvalue weighted by molar-refractivity contribution is 0.113. The van der Waals surface area contributed by atoms with Gasteiger partial charge in [0.25, 0.3) is 0 Å². The molecule has 0 radical (unpaired) electrons. The predicted molar refractivity (Wildman–Crippen MR) is 84.3 cm³/mol. The van der Waals surface area contributed by atoms with Gasteiger partial charge in [-0.1, -0.05) is 18.0 Å². The zero-order valence-electron chi connectivity index (χ0n) is 12.5. The molecule has 5 heteroatoms. The van der Waals surface area contributed by atoms with Crippen molar-refractivity contribution in [3.63, 3.8) is 0 Å². The fourth-order valence-electron chi connectivity index (χ4n) is 3.03. The third kappa shape index (κ3) is 2.98. The second kappa shape index (κ2) is 6.42. The van der Waals surface area contributed by atoms with Gasteiger partial charge in [-0.05, 0) is 37.6 Å². The maximum absolute atomic E-state index is 6.39. The van der Waals surface area contributed by atoms with Gasteiger partial charge in [-0.15, -0.1) is 0 Å². The molecule has 1 aliphatic carbocycles. The van der Waals surface area contributed by atoms with Gasteiger partial charge < -0.3 is 15.2 Å². The molecular weight excluding hydrogens is 288 g/mol. The van der Waals surface area contributed by atoms with Crippen LogP contribution in [0, 0.1) is 0 Å². The van der Waals surface area contributed by atoms with Crippen LogP contribution in [-0.4, -0.2) is 37.7 Å². The second-order valence-corrected chi connectivity index (χ2v) is 6.29. The van der Waals surface area contributed by atoms with Crippen LogP contribution in [0.3, 0.4) is 0 Å². The standard InChI is InChI=1S/C16H23ClN2O2/c1-19(12-4-2-5-12)14(10-18)11-8-13(17)16-15(9-11)20-6-3-7-21-16/h8-9,12,14H,2-7,10,18H2,1H3. The number of benzene rings is 1. The van der Waals surface area contributed by atoms with E-state index in [1.165, 1.54) is 19.3 Å². The molecule has 1 aromatic carbocycles. The topological polar surface area (TPSA) is 47.7 Å². The van der Waals surface area contributed by atoms with Crippen LogP contribution in [0.5, 0.6) is 11.5 Å². The average molecular weight is 311 g/mol. The van der Waals surface area contributed by atoms with Gasteiger partial charge >= 0.3 is 0 Å². The molecule has 1 saturated carbocycles. The number of halogens is 1. The number of ether oxygens (including phenoxy) is 2. The maximum Gasteiger partial charge on any atom is 0.179 e. The van der Waals surface area contributed by atoms with Gasteiger partial charge in [-0.2, -0.15) is 0 Å². The average Bonchev–Trinajstić information content (AvgIpc) is 2.63. The first-order valence-corrected chi connectivity index (χ1v) is 8.09. The van der Waals surface area contributed by atoms with E-state index in [2.05, 4.69) is 11.9 Å². The van der Waals surface area contributed by atoms with Crippen LogP contribution in [-0.2, 0) is 0 Å². The molecule has 0 spiro atoms. The van der Waals surface area contributed by atoms with E-state index >= 15 is 0 Å². The minimum atomic E-state index is 0.171. The summed E-state index contributed by atoms with van der Waals surface area (Å²) in [6, 6.07) is 4.82. The Bertz CT molecular complexity index is 505. The third-order valence-electron chi connectivity index (χ3n) is 4.57. The van der Waals surface area contributed by atoms with Crippen LogP contribution in [0.15, 0.2) is 12.1 Å². The van der Waals surface area contributed by atoms with E-state index in [4.69, 9.17) is 26.8 Å². The highest BCUT2D eigenvalue weighted by atomic mass is 35.5. The number of nitrogens with zero attached hydrogens (tertiary/aromatic N) is 1. The fourth-order valence-corrected chi connectivity index (χ4v) is 3.30. The molecule has 116 valence electrons. The molecule has 1 aromatic rings. The second-order valence-electron chi connectivity index (χ2n) is 5.88. The molecule has 2 N–H and O–H groups in total. The lowest BCUT2D eigenvalue weighted by Crippen LogP contribution is -2.42. The van der Waals surface area contributed by atoms with E-state index < -0.39 is 0 Å². The Morgan fingerprint density at radius 1 is 1.29 bits per heavy atom. The molecular formula is C16H23ClN2O2. The summed E-state index contributed by atoms with van der Waals surface area (Å²) in [6.45, 7) is 1.88. The molecule has 21 heavy (non-hydrogen) atoms. The normalized spacial score (nSPS) is 20.0. The smallest absolute Gasteiger partial charge is 0.179 e. The minimum absolute atomic E-state index is 0.171. The Balaban J connectivity index is 1.89. The Hall–Kier alpha value is -0.970. The molecule has 0 saturated heterocycles. The lowest BCUT2D eigenvalue weighted by atomic mass is 9.89. The van der Waals surface area contributed by atoms with Crippen LogP contribution in [0.2, 0.25) is 5.02 Å². The summed E-state index contributed by atoms with van der Waals surface area (Å²) >= 11 is 6.39. The van der Waals surface area contributed by atoms with Crippen LogP contribution in [0.4, 0.5) is 0 Å². The number of fused-ring (bicyclic) bond motifs is 1. The molecule has 0 aromatic heterocycles. The van der Waals surface area contributed by atoms with Gasteiger partial charge in [0.15, 0.2) is 11.5 Å². The van der Waals surface area contributed by atoms with E-state index in [0.29, 0.717) is 36.6 Å². The van der Waals surface area contributed by atoms with E-state index in [1.807, 2.05) is 12.1 Å². The van der Waals surface area contributed by atoms with Crippen molar-refractivity contribution in [2.75, 3.05) is 26.8 Å². The summed E-state index contributed by atoms with van der Waals surface area (Å²) in [6.07, 6.45) is 4.70. The zero-order chi connectivity index (χ0) is 14.8. The highest BCUT2D eigenvalue weighted by Gasteiger charge is 2.29. The number of likely N-dealkylation sites (N-methyl/N-ethyl adjacent to an activating group) is 1. The van der Waals surface area contributed by atoms with Gasteiger partial charge in [0.05, 0.1) is 18.2 Å². The molecule has 1 heterocycles. The molecule has 1 atom stereocenters. The van der Waals surface area contributed by atoms with Gasteiger partial charge in [0.1, 0.15) is 0 Å². The largest absolute Gasteiger partial charge is 0.489 e. The van der Waals surface area contributed by atoms with Crippen LogP contribution in [0.1, 0.15) is 37.3 Å². The molecule has 4 nitrogen and oxygen atoms in total. The molecule has 2 aliphatic rings. The van der Waals surface area contributed by atoms with Crippen molar-refractivity contribution in [2.24, 2.45) is 5.73 Å². The van der Waals surface area contributed by atoms with E-state index in [-0.39, 0.29) is 6.04 Å². The van der Waals surface area contributed by atoms with E-state index in [9.17, 15) is 0 Å². The first kappa shape index (κ1) is 14.9. The molecule has 1 fully saturated rings. The van der Waals surface area contributed by atoms with Crippen molar-refractivity contribution in [3.05, 3.63) is 22.7 Å². The minimum Gasteiger partial charge on any atom is -0.489 e. The van der Waals surface area contributed by atoms with Crippen LogP contribution >= 0.6 is 11.6 Å². The molecule has 1 aliphatic heterocycles. The van der Waals surface area contributed by atoms with E-state index in [0.717, 1.165) is 17.7 Å². The highest BCUT2D eigenvalue weighted by molar-refractivity contribution is 6.32. The Labute approximate surface area is 131 Å². The zero-order valence-corrected chi connectivity index (χ0v) is 13.2. The van der Waals surface area contributed by atoms with Gasteiger partial charge in [0.2, 0.25) is 0 Å². The lowest BCUT2D eigenvalue weighted by Gasteiger charge is -2.40. The Kier molecular flexibility index (Phi) is 4.57. The van der Waals surface area contributed by atoms with Gasteiger partial charge in [0, 0.05) is 25.0 Å². The Morgan fingerprint density at radius 3 is 2.71 bits per heavy atom. The number of nitrogens with two attached hydrogens (primary N) is 1. The van der Waals surface area contributed by atoms with Crippen LogP contribution in [0.25, 0.3) is 0 Å². The van der Waals surface area contributed by atoms with Crippen molar-refractivity contribution in [2.45, 2.75) is 37.8 Å². The summed E-state index contributed by atoms with van der Waals surface area (Å²) in [7, 11) is 2.15. The van der Waals surface area contributed by atoms with Crippen molar-refractivity contribution in [1.82, 2.24) is 4.90 Å². The van der Waals surface area contributed by atoms with E-state index in [1.54, 1.807) is 0 Å². The summed E-state index contributed by atoms with van der Waals surface area (Å²) < 4.78 is 11.5. The number of hydrogen-bond donors (Lipinski definition) is 1. The third-order valence-corrected chi connectivity index (χ3v) is 4.86. The van der Waals surface area contributed by atoms with Crippen molar-refractivity contribution < 1.29 is 9.47 Å². The molecule has 0 amide bonds. The van der Waals surface area contributed by atoms with Crippen molar-refractivity contribution in [1.29, 1.82) is 0 Å². The van der Waals surface area contributed by atoms with Gasteiger partial charge in [-0.3, -0.25) is 4.90 Å². The maximum atomic E-state index is 6.39. The quantitative estimate of drug-likeness (QED) is 0.929. The molecule has 0 bridgehead atoms. The first-order chi connectivity index (χ1) is 10.2. The highest BCUT2D eigenvalue weighted by Crippen LogP contribution is 2.41. The van der Waals surface area contributed by atoms with Crippen LogP contribution < -0.4 is 15.2 Å². The molecule has 3 rings (SSSR count).